The number of hydrogen-bond donors (Lipinski definition) is 1. The third-order valence-corrected chi connectivity index (χ3v) is 4.86. The highest BCUT2D eigenvalue weighted by atomic mass is 35.5. The fourth-order valence-corrected chi connectivity index (χ4v) is 3.48. The van der Waals surface area contributed by atoms with Crippen LogP contribution in [0.2, 0.25) is 5.02 Å². The molecular weight excluding hydrogens is 300 g/mol. The first-order valence-electron chi connectivity index (χ1n) is 8.01. The Kier molecular flexibility index (Phi) is 4.79. The lowest BCUT2D eigenvalue weighted by atomic mass is 9.89. The number of carbonyl (C=O) groups is 2. The molecule has 1 N–H and O–H groups in total. The van der Waals surface area contributed by atoms with Gasteiger partial charge >= 0.3 is 0 Å². The minimum Gasteiger partial charge on any atom is -0.305 e. The highest BCUT2D eigenvalue weighted by Gasteiger charge is 2.39. The Morgan fingerprint density at radius 3 is 2.45 bits per heavy atom. The second-order valence-electron chi connectivity index (χ2n) is 6.21. The summed E-state index contributed by atoms with van der Waals surface area (Å²) in [6.45, 7) is 0.831. The summed E-state index contributed by atoms with van der Waals surface area (Å²) in [5.74, 6) is 0.345. The van der Waals surface area contributed by atoms with Crippen LogP contribution in [0.3, 0.4) is 0 Å². The predicted octanol–water partition coefficient (Wildman–Crippen LogP) is 3.14. The SMILES string of the molecule is O=C1C[C@H](NCC2CCCCC2)C(=O)N1c1ccc(Cl)cc1. The van der Waals surface area contributed by atoms with Gasteiger partial charge in [0.05, 0.1) is 18.2 Å². The Labute approximate surface area is 135 Å². The molecule has 0 bridgehead atoms. The van der Waals surface area contributed by atoms with E-state index in [0.717, 1.165) is 6.54 Å². The molecule has 1 saturated heterocycles. The molecule has 118 valence electrons. The smallest absolute Gasteiger partial charge is 0.251 e. The van der Waals surface area contributed by atoms with Gasteiger partial charge in [-0.1, -0.05) is 30.9 Å². The van der Waals surface area contributed by atoms with Crippen molar-refractivity contribution in [3.05, 3.63) is 29.3 Å². The first-order chi connectivity index (χ1) is 10.6. The molecule has 5 heteroatoms. The Balaban J connectivity index is 1.62. The van der Waals surface area contributed by atoms with Crippen LogP contribution < -0.4 is 10.2 Å². The Hall–Kier alpha value is -1.39. The van der Waals surface area contributed by atoms with Gasteiger partial charge in [0.25, 0.3) is 5.91 Å². The van der Waals surface area contributed by atoms with E-state index in [1.165, 1.54) is 37.0 Å². The number of hydrogen-bond acceptors (Lipinski definition) is 3. The number of halogens is 1. The maximum Gasteiger partial charge on any atom is 0.251 e. The van der Waals surface area contributed by atoms with Gasteiger partial charge in [-0.15, -0.1) is 0 Å². The van der Waals surface area contributed by atoms with Crippen LogP contribution in [-0.2, 0) is 9.59 Å². The maximum absolute atomic E-state index is 12.5. The third kappa shape index (κ3) is 3.33. The van der Waals surface area contributed by atoms with E-state index in [1.807, 2.05) is 0 Å². The number of nitrogens with zero attached hydrogens (tertiary/aromatic N) is 1. The van der Waals surface area contributed by atoms with Crippen molar-refractivity contribution in [3.8, 4) is 0 Å². The fraction of sp³-hybridized carbons (Fsp3) is 0.529. The van der Waals surface area contributed by atoms with E-state index in [4.69, 9.17) is 11.6 Å². The van der Waals surface area contributed by atoms with Gasteiger partial charge in [0.2, 0.25) is 5.91 Å². The van der Waals surface area contributed by atoms with Crippen LogP contribution >= 0.6 is 11.6 Å². The molecule has 1 aliphatic heterocycles. The zero-order valence-electron chi connectivity index (χ0n) is 12.6. The molecule has 2 fully saturated rings. The minimum atomic E-state index is -0.384. The summed E-state index contributed by atoms with van der Waals surface area (Å²) in [5, 5.41) is 3.90. The topological polar surface area (TPSA) is 49.4 Å². The first kappa shape index (κ1) is 15.5. The van der Waals surface area contributed by atoms with Crippen molar-refractivity contribution in [2.24, 2.45) is 5.92 Å². The Morgan fingerprint density at radius 1 is 1.09 bits per heavy atom. The highest BCUT2D eigenvalue weighted by Crippen LogP contribution is 2.26. The van der Waals surface area contributed by atoms with E-state index in [-0.39, 0.29) is 24.3 Å². The second kappa shape index (κ2) is 6.80. The van der Waals surface area contributed by atoms with E-state index < -0.39 is 0 Å². The van der Waals surface area contributed by atoms with Crippen molar-refractivity contribution in [1.29, 1.82) is 0 Å². The number of imide groups is 1. The molecule has 1 heterocycles. The van der Waals surface area contributed by atoms with Crippen LogP contribution in [0.1, 0.15) is 38.5 Å². The number of carbonyl (C=O) groups excluding carboxylic acids is 2. The molecule has 2 amide bonds. The number of rotatable bonds is 4. The molecular formula is C17H21ClN2O2. The lowest BCUT2D eigenvalue weighted by Gasteiger charge is -2.23. The van der Waals surface area contributed by atoms with Crippen molar-refractivity contribution in [3.63, 3.8) is 0 Å². The number of amides is 2. The molecule has 22 heavy (non-hydrogen) atoms. The molecule has 0 spiro atoms. The minimum absolute atomic E-state index is 0.145. The predicted molar refractivity (Wildman–Crippen MR) is 86.9 cm³/mol. The van der Waals surface area contributed by atoms with Crippen LogP contribution in [0.5, 0.6) is 0 Å². The van der Waals surface area contributed by atoms with E-state index in [9.17, 15) is 9.59 Å². The molecule has 3 rings (SSSR count). The summed E-state index contributed by atoms with van der Waals surface area (Å²) in [6.07, 6.45) is 6.57. The lowest BCUT2D eigenvalue weighted by molar-refractivity contribution is -0.121. The molecule has 4 nitrogen and oxygen atoms in total. The van der Waals surface area contributed by atoms with Gasteiger partial charge in [0.15, 0.2) is 0 Å². The Bertz CT molecular complexity index is 552. The molecule has 1 saturated carbocycles. The number of benzene rings is 1. The number of nitrogens with one attached hydrogen (secondary N) is 1. The van der Waals surface area contributed by atoms with Gasteiger partial charge in [-0.05, 0) is 49.6 Å². The van der Waals surface area contributed by atoms with Gasteiger partial charge in [-0.25, -0.2) is 4.90 Å². The zero-order valence-corrected chi connectivity index (χ0v) is 13.3. The molecule has 1 aromatic rings. The lowest BCUT2D eigenvalue weighted by Crippen LogP contribution is -2.41. The summed E-state index contributed by atoms with van der Waals surface area (Å²) in [5.41, 5.74) is 0.598. The summed E-state index contributed by atoms with van der Waals surface area (Å²) in [7, 11) is 0. The van der Waals surface area contributed by atoms with Crippen molar-refractivity contribution in [2.75, 3.05) is 11.4 Å². The number of anilines is 1. The van der Waals surface area contributed by atoms with Gasteiger partial charge in [-0.3, -0.25) is 9.59 Å². The molecule has 1 atom stereocenters. The van der Waals surface area contributed by atoms with Gasteiger partial charge in [0.1, 0.15) is 0 Å². The average Bonchev–Trinajstić information content (AvgIpc) is 2.82. The van der Waals surface area contributed by atoms with E-state index >= 15 is 0 Å². The molecule has 2 aliphatic rings. The quantitative estimate of drug-likeness (QED) is 0.867. The van der Waals surface area contributed by atoms with Crippen molar-refractivity contribution in [1.82, 2.24) is 5.32 Å². The van der Waals surface area contributed by atoms with Crippen LogP contribution in [0.25, 0.3) is 0 Å². The summed E-state index contributed by atoms with van der Waals surface area (Å²) < 4.78 is 0. The summed E-state index contributed by atoms with van der Waals surface area (Å²) >= 11 is 5.85. The monoisotopic (exact) mass is 320 g/mol. The van der Waals surface area contributed by atoms with Crippen molar-refractivity contribution < 1.29 is 9.59 Å². The van der Waals surface area contributed by atoms with Crippen LogP contribution in [0.4, 0.5) is 5.69 Å². The zero-order chi connectivity index (χ0) is 15.5. The summed E-state index contributed by atoms with van der Waals surface area (Å²) in [6, 6.07) is 6.43. The molecule has 0 radical (unpaired) electrons. The molecule has 1 aliphatic carbocycles. The van der Waals surface area contributed by atoms with Gasteiger partial charge in [0, 0.05) is 5.02 Å². The van der Waals surface area contributed by atoms with Crippen LogP contribution in [-0.4, -0.2) is 24.4 Å². The third-order valence-electron chi connectivity index (χ3n) is 4.61. The average molecular weight is 321 g/mol. The first-order valence-corrected chi connectivity index (χ1v) is 8.38. The van der Waals surface area contributed by atoms with Crippen LogP contribution in [0, 0.1) is 5.92 Å². The second-order valence-corrected chi connectivity index (χ2v) is 6.65. The van der Waals surface area contributed by atoms with Crippen molar-refractivity contribution >= 4 is 29.1 Å². The highest BCUT2D eigenvalue weighted by molar-refractivity contribution is 6.30. The van der Waals surface area contributed by atoms with E-state index in [1.54, 1.807) is 24.3 Å². The Morgan fingerprint density at radius 2 is 1.77 bits per heavy atom. The van der Waals surface area contributed by atoms with Gasteiger partial charge in [-0.2, -0.15) is 0 Å². The molecule has 0 unspecified atom stereocenters. The normalized spacial score (nSPS) is 23.3. The van der Waals surface area contributed by atoms with E-state index in [0.29, 0.717) is 16.6 Å². The fourth-order valence-electron chi connectivity index (χ4n) is 3.35. The largest absolute Gasteiger partial charge is 0.305 e. The van der Waals surface area contributed by atoms with E-state index in [2.05, 4.69) is 5.32 Å². The van der Waals surface area contributed by atoms with Gasteiger partial charge < -0.3 is 5.32 Å². The van der Waals surface area contributed by atoms with Crippen molar-refractivity contribution in [2.45, 2.75) is 44.6 Å². The van der Waals surface area contributed by atoms with Crippen LogP contribution in [0.15, 0.2) is 24.3 Å². The molecule has 1 aromatic carbocycles. The molecule has 0 aromatic heterocycles. The standard InChI is InChI=1S/C17H21ClN2O2/c18-13-6-8-14(9-7-13)20-16(21)10-15(17(20)22)19-11-12-4-2-1-3-5-12/h6-9,12,15,19H,1-5,10-11H2/t15-/m0/s1. The maximum atomic E-state index is 12.5. The summed E-state index contributed by atoms with van der Waals surface area (Å²) in [4.78, 5) is 25.9.